The van der Waals surface area contributed by atoms with Gasteiger partial charge < -0.3 is 28.4 Å². The van der Waals surface area contributed by atoms with E-state index < -0.39 is 12.3 Å². The number of rotatable bonds is 12. The van der Waals surface area contributed by atoms with E-state index in [4.69, 9.17) is 28.4 Å². The number of ether oxygens (including phenoxy) is 6. The zero-order valence-electron chi connectivity index (χ0n) is 19.7. The van der Waals surface area contributed by atoms with Gasteiger partial charge in [-0.05, 0) is 43.4 Å². The number of hydrogen-bond acceptors (Lipinski definition) is 8. The standard InChI is InChI=1S/C25H32O8/c1-5-19-20(13-14-29-16-15-28-4)23(18-11-9-8-10-12-18)22(33-25(27)31-7-3)17-21(19)32-24(26)30-6-2/h8-12,17H,5-7,13-16H2,1-4H3. The Morgan fingerprint density at radius 3 is 2.00 bits per heavy atom. The van der Waals surface area contributed by atoms with Crippen molar-refractivity contribution < 1.29 is 38.0 Å². The van der Waals surface area contributed by atoms with Crippen molar-refractivity contribution in [3.63, 3.8) is 0 Å². The molecule has 8 nitrogen and oxygen atoms in total. The summed E-state index contributed by atoms with van der Waals surface area (Å²) in [6, 6.07) is 11.1. The molecule has 0 aliphatic heterocycles. The molecule has 0 aliphatic rings. The van der Waals surface area contributed by atoms with Crippen molar-refractivity contribution in [2.24, 2.45) is 0 Å². The van der Waals surface area contributed by atoms with Crippen LogP contribution in [0.15, 0.2) is 36.4 Å². The van der Waals surface area contributed by atoms with Crippen LogP contribution in [0.2, 0.25) is 0 Å². The van der Waals surface area contributed by atoms with E-state index >= 15 is 0 Å². The molecule has 0 fully saturated rings. The number of carbonyl (C=O) groups excluding carboxylic acids is 2. The lowest BCUT2D eigenvalue weighted by Crippen LogP contribution is -2.16. The van der Waals surface area contributed by atoms with Gasteiger partial charge in [0.25, 0.3) is 0 Å². The zero-order chi connectivity index (χ0) is 24.1. The summed E-state index contributed by atoms with van der Waals surface area (Å²) in [7, 11) is 1.61. The Balaban J connectivity index is 2.61. The Kier molecular flexibility index (Phi) is 11.2. The SMILES string of the molecule is CCOC(=O)Oc1cc(OC(=O)OCC)c(-c2ccccc2)c(CCOCCOC)c1CC. The van der Waals surface area contributed by atoms with Crippen molar-refractivity contribution in [3.05, 3.63) is 47.5 Å². The Hall–Kier alpha value is -3.10. The van der Waals surface area contributed by atoms with Crippen molar-refractivity contribution in [1.29, 1.82) is 0 Å². The molecule has 0 spiro atoms. The molecule has 0 aliphatic carbocycles. The first kappa shape index (κ1) is 26.2. The van der Waals surface area contributed by atoms with Crippen LogP contribution in [-0.4, -0.2) is 52.5 Å². The van der Waals surface area contributed by atoms with Crippen molar-refractivity contribution in [1.82, 2.24) is 0 Å². The summed E-state index contributed by atoms with van der Waals surface area (Å²) < 4.78 is 31.7. The molecular formula is C25H32O8. The van der Waals surface area contributed by atoms with Gasteiger partial charge in [0.1, 0.15) is 11.5 Å². The molecule has 8 heteroatoms. The van der Waals surface area contributed by atoms with Gasteiger partial charge in [-0.15, -0.1) is 0 Å². The monoisotopic (exact) mass is 460 g/mol. The second kappa shape index (κ2) is 14.1. The molecule has 0 heterocycles. The van der Waals surface area contributed by atoms with Crippen LogP contribution in [0.3, 0.4) is 0 Å². The second-order valence-electron chi connectivity index (χ2n) is 6.85. The highest BCUT2D eigenvalue weighted by molar-refractivity contribution is 5.81. The lowest BCUT2D eigenvalue weighted by molar-refractivity contribution is 0.0721. The molecule has 0 atom stereocenters. The smallest absolute Gasteiger partial charge is 0.434 e. The molecule has 2 aromatic rings. The fourth-order valence-electron chi connectivity index (χ4n) is 3.38. The van der Waals surface area contributed by atoms with Crippen LogP contribution in [0.1, 0.15) is 31.9 Å². The molecule has 0 saturated heterocycles. The van der Waals surface area contributed by atoms with Crippen LogP contribution < -0.4 is 9.47 Å². The maximum absolute atomic E-state index is 12.2. The van der Waals surface area contributed by atoms with Crippen LogP contribution in [0.5, 0.6) is 11.5 Å². The maximum Gasteiger partial charge on any atom is 0.513 e. The van der Waals surface area contributed by atoms with E-state index in [2.05, 4.69) is 0 Å². The Morgan fingerprint density at radius 2 is 1.42 bits per heavy atom. The first-order chi connectivity index (χ1) is 16.0. The van der Waals surface area contributed by atoms with Crippen molar-refractivity contribution >= 4 is 12.3 Å². The zero-order valence-corrected chi connectivity index (χ0v) is 19.7. The molecule has 180 valence electrons. The van der Waals surface area contributed by atoms with Crippen LogP contribution in [0, 0.1) is 0 Å². The van der Waals surface area contributed by atoms with Crippen LogP contribution in [0.4, 0.5) is 9.59 Å². The summed E-state index contributed by atoms with van der Waals surface area (Å²) in [6.45, 7) is 7.02. The molecule has 0 unspecified atom stereocenters. The number of benzene rings is 2. The van der Waals surface area contributed by atoms with E-state index in [9.17, 15) is 9.59 Å². The fourth-order valence-corrected chi connectivity index (χ4v) is 3.38. The summed E-state index contributed by atoms with van der Waals surface area (Å²) in [5.41, 5.74) is 3.21. The van der Waals surface area contributed by atoms with Crippen LogP contribution in [0.25, 0.3) is 11.1 Å². The minimum absolute atomic E-state index is 0.166. The topological polar surface area (TPSA) is 89.5 Å². The highest BCUT2D eigenvalue weighted by Gasteiger charge is 2.24. The average Bonchev–Trinajstić information content (AvgIpc) is 2.80. The van der Waals surface area contributed by atoms with E-state index in [1.165, 1.54) is 6.07 Å². The first-order valence-corrected chi connectivity index (χ1v) is 11.1. The summed E-state index contributed by atoms with van der Waals surface area (Å²) in [4.78, 5) is 24.3. The van der Waals surface area contributed by atoms with E-state index in [1.807, 2.05) is 37.3 Å². The molecule has 2 aromatic carbocycles. The Morgan fingerprint density at radius 1 is 0.788 bits per heavy atom. The lowest BCUT2D eigenvalue weighted by Gasteiger charge is -2.21. The number of carbonyl (C=O) groups is 2. The molecule has 2 rings (SSSR count). The van der Waals surface area contributed by atoms with Gasteiger partial charge >= 0.3 is 12.3 Å². The van der Waals surface area contributed by atoms with Gasteiger partial charge in [0.05, 0.1) is 33.0 Å². The lowest BCUT2D eigenvalue weighted by atomic mass is 9.90. The summed E-state index contributed by atoms with van der Waals surface area (Å²) in [6.07, 6.45) is -0.606. The van der Waals surface area contributed by atoms with Crippen molar-refractivity contribution in [3.8, 4) is 22.6 Å². The summed E-state index contributed by atoms with van der Waals surface area (Å²) >= 11 is 0. The van der Waals surface area contributed by atoms with Crippen LogP contribution in [-0.2, 0) is 31.8 Å². The third-order valence-electron chi connectivity index (χ3n) is 4.73. The molecule has 0 bridgehead atoms. The maximum atomic E-state index is 12.2. The molecular weight excluding hydrogens is 428 g/mol. The van der Waals surface area contributed by atoms with Gasteiger partial charge in [0.2, 0.25) is 0 Å². The second-order valence-corrected chi connectivity index (χ2v) is 6.85. The first-order valence-electron chi connectivity index (χ1n) is 11.1. The molecule has 0 amide bonds. The van der Waals surface area contributed by atoms with E-state index in [0.717, 1.165) is 16.7 Å². The van der Waals surface area contributed by atoms with E-state index in [0.29, 0.717) is 38.2 Å². The minimum Gasteiger partial charge on any atom is -0.434 e. The number of hydrogen-bond donors (Lipinski definition) is 0. The van der Waals surface area contributed by atoms with Gasteiger partial charge in [0.15, 0.2) is 0 Å². The fraction of sp³-hybridized carbons (Fsp3) is 0.440. The number of methoxy groups -OCH3 is 1. The average molecular weight is 461 g/mol. The van der Waals surface area contributed by atoms with E-state index in [-0.39, 0.29) is 24.7 Å². The van der Waals surface area contributed by atoms with Crippen LogP contribution >= 0.6 is 0 Å². The third kappa shape index (κ3) is 7.76. The minimum atomic E-state index is -0.844. The molecule has 0 aromatic heterocycles. The van der Waals surface area contributed by atoms with Gasteiger partial charge in [-0.25, -0.2) is 9.59 Å². The summed E-state index contributed by atoms with van der Waals surface area (Å²) in [5.74, 6) is 0.491. The van der Waals surface area contributed by atoms with Crippen molar-refractivity contribution in [2.45, 2.75) is 33.6 Å². The molecule has 0 radical (unpaired) electrons. The molecule has 33 heavy (non-hydrogen) atoms. The normalized spacial score (nSPS) is 10.5. The Labute approximate surface area is 194 Å². The summed E-state index contributed by atoms with van der Waals surface area (Å²) in [5, 5.41) is 0. The molecule has 0 N–H and O–H groups in total. The predicted octanol–water partition coefficient (Wildman–Crippen LogP) is 5.19. The van der Waals surface area contributed by atoms with Gasteiger partial charge in [-0.3, -0.25) is 0 Å². The van der Waals surface area contributed by atoms with E-state index in [1.54, 1.807) is 21.0 Å². The third-order valence-corrected chi connectivity index (χ3v) is 4.73. The predicted molar refractivity (Wildman–Crippen MR) is 123 cm³/mol. The van der Waals surface area contributed by atoms with Gasteiger partial charge in [0, 0.05) is 18.7 Å². The quantitative estimate of drug-likeness (QED) is 0.243. The largest absolute Gasteiger partial charge is 0.513 e. The van der Waals surface area contributed by atoms with Crippen molar-refractivity contribution in [2.75, 3.05) is 40.1 Å². The molecule has 0 saturated carbocycles. The van der Waals surface area contributed by atoms with Gasteiger partial charge in [-0.1, -0.05) is 37.3 Å². The highest BCUT2D eigenvalue weighted by Crippen LogP contribution is 2.41. The van der Waals surface area contributed by atoms with Gasteiger partial charge in [-0.2, -0.15) is 0 Å². The Bertz CT molecular complexity index is 895. The highest BCUT2D eigenvalue weighted by atomic mass is 16.7.